The number of carbonyl (C=O) groups is 2. The molecule has 1 unspecified atom stereocenters. The molecule has 2 amide bonds. The van der Waals surface area contributed by atoms with Crippen molar-refractivity contribution < 1.29 is 14.0 Å². The van der Waals surface area contributed by atoms with Crippen LogP contribution < -0.4 is 10.6 Å². The minimum atomic E-state index is -0.597. The summed E-state index contributed by atoms with van der Waals surface area (Å²) in [6.45, 7) is 1.97. The molecule has 3 rings (SSSR count). The lowest BCUT2D eigenvalue weighted by atomic mass is 9.86. The Balaban J connectivity index is 1.55. The number of carbonyl (C=O) groups excluding carboxylic acids is 2. The van der Waals surface area contributed by atoms with E-state index in [1.54, 1.807) is 12.1 Å². The molecule has 1 aliphatic carbocycles. The van der Waals surface area contributed by atoms with Crippen LogP contribution in [0.15, 0.2) is 34.5 Å². The number of nitrogens with one attached hydrogen (secondary N) is 2. The van der Waals surface area contributed by atoms with Crippen LogP contribution in [0.1, 0.15) is 45.4 Å². The number of hydrogen-bond acceptors (Lipinski definition) is 5. The molecule has 2 N–H and O–H groups in total. The van der Waals surface area contributed by atoms with Gasteiger partial charge in [-0.05, 0) is 37.8 Å². The normalized spacial score (nSPS) is 22.7. The number of rotatable bonds is 5. The van der Waals surface area contributed by atoms with Crippen molar-refractivity contribution in [2.45, 2.75) is 50.7 Å². The number of benzene rings is 1. The van der Waals surface area contributed by atoms with Crippen molar-refractivity contribution in [1.82, 2.24) is 5.32 Å². The largest absolute Gasteiger partial charge is 0.324 e. The zero-order valence-corrected chi connectivity index (χ0v) is 16.0. The van der Waals surface area contributed by atoms with Crippen molar-refractivity contribution in [2.75, 3.05) is 5.32 Å². The van der Waals surface area contributed by atoms with Crippen LogP contribution in [0, 0.1) is 11.7 Å². The lowest BCUT2D eigenvalue weighted by Gasteiger charge is -2.20. The summed E-state index contributed by atoms with van der Waals surface area (Å²) in [5.41, 5.74) is 1.09. The minimum absolute atomic E-state index is 0.0603. The summed E-state index contributed by atoms with van der Waals surface area (Å²) in [6, 6.07) is 5.92. The number of amidine groups is 1. The van der Waals surface area contributed by atoms with Gasteiger partial charge in [0.15, 0.2) is 5.17 Å². The van der Waals surface area contributed by atoms with Gasteiger partial charge < -0.3 is 10.6 Å². The zero-order chi connectivity index (χ0) is 19.2. The molecule has 1 saturated heterocycles. The number of amides is 2. The van der Waals surface area contributed by atoms with Gasteiger partial charge in [0.05, 0.1) is 5.69 Å². The molecular formula is C19H23FN4O2S. The lowest BCUT2D eigenvalue weighted by Crippen LogP contribution is -2.28. The third-order valence-corrected chi connectivity index (χ3v) is 5.86. The van der Waals surface area contributed by atoms with Crippen LogP contribution in [-0.2, 0) is 9.59 Å². The molecule has 1 saturated carbocycles. The molecule has 1 aromatic carbocycles. The van der Waals surface area contributed by atoms with E-state index in [0.29, 0.717) is 11.1 Å². The first-order valence-electron chi connectivity index (χ1n) is 9.17. The second kappa shape index (κ2) is 9.12. The summed E-state index contributed by atoms with van der Waals surface area (Å²) in [4.78, 5) is 24.2. The Morgan fingerprint density at radius 2 is 2.04 bits per heavy atom. The molecule has 2 aliphatic rings. The predicted octanol–water partition coefficient (Wildman–Crippen LogP) is 3.70. The number of hydrogen-bond donors (Lipinski definition) is 2. The SMILES string of the molecule is C/C(=N\N=C1\NC(=O)C(CC(=O)Nc2ccccc2F)S1)C1CCCCC1. The van der Waals surface area contributed by atoms with Gasteiger partial charge in [0.2, 0.25) is 11.8 Å². The van der Waals surface area contributed by atoms with E-state index in [4.69, 9.17) is 0 Å². The van der Waals surface area contributed by atoms with Gasteiger partial charge in [-0.3, -0.25) is 9.59 Å². The van der Waals surface area contributed by atoms with Crippen LogP contribution in [0.5, 0.6) is 0 Å². The van der Waals surface area contributed by atoms with Gasteiger partial charge in [-0.1, -0.05) is 43.2 Å². The average Bonchev–Trinajstić information content (AvgIpc) is 3.01. The Morgan fingerprint density at radius 3 is 2.78 bits per heavy atom. The minimum Gasteiger partial charge on any atom is -0.324 e. The van der Waals surface area contributed by atoms with Crippen molar-refractivity contribution >= 4 is 40.1 Å². The second-order valence-electron chi connectivity index (χ2n) is 6.81. The van der Waals surface area contributed by atoms with Gasteiger partial charge in [-0.15, -0.1) is 5.10 Å². The first-order chi connectivity index (χ1) is 13.0. The summed E-state index contributed by atoms with van der Waals surface area (Å²) in [5, 5.41) is 13.4. The van der Waals surface area contributed by atoms with Gasteiger partial charge in [-0.2, -0.15) is 5.10 Å². The highest BCUT2D eigenvalue weighted by Crippen LogP contribution is 2.26. The van der Waals surface area contributed by atoms with Crippen LogP contribution in [0.25, 0.3) is 0 Å². The Bertz CT molecular complexity index is 775. The monoisotopic (exact) mass is 390 g/mol. The van der Waals surface area contributed by atoms with E-state index < -0.39 is 17.0 Å². The van der Waals surface area contributed by atoms with Crippen molar-refractivity contribution in [3.63, 3.8) is 0 Å². The Hall–Kier alpha value is -2.22. The molecule has 144 valence electrons. The summed E-state index contributed by atoms with van der Waals surface area (Å²) in [7, 11) is 0. The molecule has 6 nitrogen and oxygen atoms in total. The van der Waals surface area contributed by atoms with Crippen molar-refractivity contribution in [3.8, 4) is 0 Å². The molecule has 0 bridgehead atoms. The predicted molar refractivity (Wildman–Crippen MR) is 106 cm³/mol. The molecule has 8 heteroatoms. The Kier molecular flexibility index (Phi) is 6.60. The molecule has 0 radical (unpaired) electrons. The van der Waals surface area contributed by atoms with Gasteiger partial charge in [-0.25, -0.2) is 4.39 Å². The van der Waals surface area contributed by atoms with Gasteiger partial charge in [0, 0.05) is 12.1 Å². The van der Waals surface area contributed by atoms with Crippen LogP contribution >= 0.6 is 11.8 Å². The second-order valence-corrected chi connectivity index (χ2v) is 8.00. The molecule has 27 heavy (non-hydrogen) atoms. The molecule has 0 aromatic heterocycles. The lowest BCUT2D eigenvalue weighted by molar-refractivity contribution is -0.122. The molecule has 2 fully saturated rings. The van der Waals surface area contributed by atoms with E-state index in [2.05, 4.69) is 20.8 Å². The molecule has 0 spiro atoms. The highest BCUT2D eigenvalue weighted by molar-refractivity contribution is 8.15. The first kappa shape index (κ1) is 19.5. The molecule has 1 aromatic rings. The highest BCUT2D eigenvalue weighted by Gasteiger charge is 2.32. The third kappa shape index (κ3) is 5.38. The number of thioether (sulfide) groups is 1. The summed E-state index contributed by atoms with van der Waals surface area (Å²) >= 11 is 1.18. The summed E-state index contributed by atoms with van der Waals surface area (Å²) in [5.74, 6) is -0.749. The van der Waals surface area contributed by atoms with Crippen LogP contribution in [0.3, 0.4) is 0 Å². The van der Waals surface area contributed by atoms with Crippen LogP contribution in [-0.4, -0.2) is 27.9 Å². The number of nitrogens with zero attached hydrogens (tertiary/aromatic N) is 2. The van der Waals surface area contributed by atoms with Crippen LogP contribution in [0.4, 0.5) is 10.1 Å². The smallest absolute Gasteiger partial charge is 0.240 e. The number of halogens is 1. The topological polar surface area (TPSA) is 82.9 Å². The van der Waals surface area contributed by atoms with Crippen molar-refractivity contribution in [1.29, 1.82) is 0 Å². The zero-order valence-electron chi connectivity index (χ0n) is 15.2. The van der Waals surface area contributed by atoms with Crippen molar-refractivity contribution in [3.05, 3.63) is 30.1 Å². The maximum absolute atomic E-state index is 13.6. The fraction of sp³-hybridized carbons (Fsp3) is 0.474. The molecule has 1 aliphatic heterocycles. The Labute approximate surface area is 162 Å². The standard InChI is InChI=1S/C19H23FN4O2S/c1-12(13-7-3-2-4-8-13)23-24-19-22-18(26)16(27-19)11-17(25)21-15-10-6-5-9-14(15)20/h5-6,9-10,13,16H,2-4,7-8,11H2,1H3,(H,21,25)(H,22,24,26)/b23-12+. The van der Waals surface area contributed by atoms with Gasteiger partial charge in [0.1, 0.15) is 11.1 Å². The summed E-state index contributed by atoms with van der Waals surface area (Å²) in [6.07, 6.45) is 5.94. The highest BCUT2D eigenvalue weighted by atomic mass is 32.2. The Morgan fingerprint density at radius 1 is 1.30 bits per heavy atom. The third-order valence-electron chi connectivity index (χ3n) is 4.79. The van der Waals surface area contributed by atoms with Crippen molar-refractivity contribution in [2.24, 2.45) is 16.1 Å². The van der Waals surface area contributed by atoms with E-state index in [9.17, 15) is 14.0 Å². The van der Waals surface area contributed by atoms with Gasteiger partial charge in [0.25, 0.3) is 0 Å². The van der Waals surface area contributed by atoms with E-state index >= 15 is 0 Å². The summed E-state index contributed by atoms with van der Waals surface area (Å²) < 4.78 is 13.6. The van der Waals surface area contributed by atoms with E-state index in [0.717, 1.165) is 18.6 Å². The fourth-order valence-electron chi connectivity index (χ4n) is 3.25. The first-order valence-corrected chi connectivity index (χ1v) is 10.0. The fourth-order valence-corrected chi connectivity index (χ4v) is 4.16. The number of para-hydroxylation sites is 1. The van der Waals surface area contributed by atoms with E-state index in [1.807, 2.05) is 6.92 Å². The number of anilines is 1. The maximum atomic E-state index is 13.6. The van der Waals surface area contributed by atoms with Gasteiger partial charge >= 0.3 is 0 Å². The average molecular weight is 390 g/mol. The molecule has 1 heterocycles. The quantitative estimate of drug-likeness (QED) is 0.594. The van der Waals surface area contributed by atoms with E-state index in [-0.39, 0.29) is 18.0 Å². The molecule has 1 atom stereocenters. The van der Waals surface area contributed by atoms with E-state index in [1.165, 1.54) is 43.2 Å². The molecular weight excluding hydrogens is 367 g/mol. The van der Waals surface area contributed by atoms with Crippen LogP contribution in [0.2, 0.25) is 0 Å². The maximum Gasteiger partial charge on any atom is 0.240 e.